The van der Waals surface area contributed by atoms with Crippen molar-refractivity contribution in [1.82, 2.24) is 0 Å². The minimum absolute atomic E-state index is 0. The second kappa shape index (κ2) is 23.4. The predicted molar refractivity (Wildman–Crippen MR) is 35.9 cm³/mol. The van der Waals surface area contributed by atoms with Crippen LogP contribution < -0.4 is 0 Å². The molecule has 0 nitrogen and oxygen atoms in total. The summed E-state index contributed by atoms with van der Waals surface area (Å²) in [7, 11) is 0. The third-order valence-electron chi connectivity index (χ3n) is 0. The fraction of sp³-hybridized carbons (Fsp3) is 0. The minimum atomic E-state index is -0.931. The summed E-state index contributed by atoms with van der Waals surface area (Å²) >= 11 is -0.931. The molecule has 0 saturated heterocycles. The topological polar surface area (TPSA) is 0 Å². The van der Waals surface area contributed by atoms with Gasteiger partial charge in [0.15, 0.2) is 17.4 Å². The summed E-state index contributed by atoms with van der Waals surface area (Å²) in [6.45, 7) is 0. The van der Waals surface area contributed by atoms with Gasteiger partial charge in [-0.2, -0.15) is 0 Å². The van der Waals surface area contributed by atoms with Gasteiger partial charge in [0.05, 0.1) is 0 Å². The molecule has 0 rings (SSSR count). The maximum absolute atomic E-state index is 4.95. The first-order chi connectivity index (χ1) is 1.41. The predicted octanol–water partition coefficient (Wildman–Crippen LogP) is -1.10. The van der Waals surface area contributed by atoms with E-state index in [4.69, 9.17) is 12.8 Å². The van der Waals surface area contributed by atoms with Crippen molar-refractivity contribution in [3.63, 3.8) is 0 Å². The van der Waals surface area contributed by atoms with Crippen molar-refractivity contribution in [2.45, 2.75) is 0 Å². The molecular formula is H5AlCaCl2FeMg. The van der Waals surface area contributed by atoms with E-state index in [2.05, 4.69) is 0 Å². The quantitative estimate of drug-likeness (QED) is 0.457. The zero-order chi connectivity index (χ0) is 2.71. The average Bonchev–Trinajstić information content (AvgIpc) is 0.918. The Labute approximate surface area is 98.6 Å². The molecule has 0 aromatic carbocycles. The molecule has 0 N–H and O–H groups in total. The molecular weight excluding hydrogens is 218 g/mol. The molecule has 0 fully saturated rings. The zero-order valence-corrected chi connectivity index (χ0v) is 6.64. The maximum atomic E-state index is 4.95. The molecule has 6 heteroatoms. The van der Waals surface area contributed by atoms with Crippen LogP contribution >= 0.6 is 12.8 Å². The molecule has 34 valence electrons. The van der Waals surface area contributed by atoms with Crippen LogP contribution in [0.4, 0.5) is 0 Å². The summed E-state index contributed by atoms with van der Waals surface area (Å²) in [6, 6.07) is 0. The van der Waals surface area contributed by atoms with E-state index < -0.39 is 30.8 Å². The van der Waals surface area contributed by atoms with Crippen LogP contribution in [-0.4, -0.2) is 71.3 Å². The summed E-state index contributed by atoms with van der Waals surface area (Å²) in [6.07, 6.45) is 9.90. The van der Waals surface area contributed by atoms with Gasteiger partial charge in [0.1, 0.15) is 0 Å². The Hall–Kier alpha value is 3.66. The molecule has 0 saturated carbocycles. The molecule has 0 heterocycles. The third-order valence-corrected chi connectivity index (χ3v) is 0. The Morgan fingerprint density at radius 3 is 1.17 bits per heavy atom. The van der Waals surface area contributed by atoms with E-state index in [-0.39, 0.29) is 57.5 Å². The molecule has 0 bridgehead atoms. The van der Waals surface area contributed by atoms with E-state index in [0.29, 0.717) is 0 Å². The SMILES string of the molecule is [AlH3].[Cl][Ca][Cl].[Fe].[MgH2]. The standard InChI is InChI=1S/Al.Ca.2ClH.Fe.Mg.5H/h;;2*1H;;;;;;;/q;+2;;;;;;;;;/p-2. The number of halogens is 2. The Bertz CT molecular complexity index is 13.5. The molecule has 0 atom stereocenters. The molecule has 0 unspecified atom stereocenters. The fourth-order valence-electron chi connectivity index (χ4n) is 0. The van der Waals surface area contributed by atoms with E-state index in [9.17, 15) is 0 Å². The Morgan fingerprint density at radius 1 is 1.17 bits per heavy atom. The molecule has 0 amide bonds. The van der Waals surface area contributed by atoms with E-state index in [1.165, 1.54) is 0 Å². The van der Waals surface area contributed by atoms with Crippen molar-refractivity contribution >= 4 is 84.0 Å². The maximum Gasteiger partial charge on any atom is 0.316 e. The zero-order valence-electron chi connectivity index (χ0n) is 1.82. The van der Waals surface area contributed by atoms with Gasteiger partial charge in [0, 0.05) is 17.1 Å². The largest absolute Gasteiger partial charge is 0.316 e. The molecule has 0 aliphatic rings. The number of hydrogen-bond donors (Lipinski definition) is 0. The second-order valence-corrected chi connectivity index (χ2v) is 3.75. The number of hydrogen-bond acceptors (Lipinski definition) is 0. The summed E-state index contributed by atoms with van der Waals surface area (Å²) in [5.74, 6) is 0. The van der Waals surface area contributed by atoms with Crippen LogP contribution in [0.15, 0.2) is 0 Å². The van der Waals surface area contributed by atoms with Gasteiger partial charge in [-0.25, -0.2) is 0 Å². The minimum Gasteiger partial charge on any atom is 0 e. The van der Waals surface area contributed by atoms with Crippen molar-refractivity contribution in [1.29, 1.82) is 0 Å². The first-order valence-corrected chi connectivity index (χ1v) is 6.61. The molecule has 0 radical (unpaired) electrons. The summed E-state index contributed by atoms with van der Waals surface area (Å²) in [5.41, 5.74) is 0. The van der Waals surface area contributed by atoms with Crippen molar-refractivity contribution in [2.24, 2.45) is 0 Å². The fourth-order valence-corrected chi connectivity index (χ4v) is 0. The molecule has 0 spiro atoms. The van der Waals surface area contributed by atoms with Gasteiger partial charge in [-0.05, 0) is 0 Å². The van der Waals surface area contributed by atoms with Crippen LogP contribution in [-0.2, 0) is 17.1 Å². The van der Waals surface area contributed by atoms with E-state index in [1.807, 2.05) is 0 Å². The molecule has 0 aliphatic carbocycles. The van der Waals surface area contributed by atoms with Crippen molar-refractivity contribution in [2.75, 3.05) is 0 Å². The van der Waals surface area contributed by atoms with Crippen LogP contribution in [0.25, 0.3) is 0 Å². The summed E-state index contributed by atoms with van der Waals surface area (Å²) in [5, 5.41) is 0. The van der Waals surface area contributed by atoms with Crippen molar-refractivity contribution in [3.05, 3.63) is 0 Å². The molecule has 6 heavy (non-hydrogen) atoms. The second-order valence-electron chi connectivity index (χ2n) is 0.101. The number of rotatable bonds is 0. The van der Waals surface area contributed by atoms with E-state index in [0.717, 1.165) is 0 Å². The Balaban J connectivity index is -0.00000000667. The van der Waals surface area contributed by atoms with Gasteiger partial charge in [0.25, 0.3) is 0 Å². The smallest absolute Gasteiger partial charge is 0 e. The van der Waals surface area contributed by atoms with Crippen LogP contribution in [0.2, 0.25) is 0 Å². The van der Waals surface area contributed by atoms with Crippen LogP contribution in [0.3, 0.4) is 0 Å². The van der Waals surface area contributed by atoms with Gasteiger partial charge in [-0.15, -0.1) is 0 Å². The first-order valence-electron chi connectivity index (χ1n) is 0.535. The first kappa shape index (κ1) is 22.6. The van der Waals surface area contributed by atoms with Crippen LogP contribution in [0, 0.1) is 0 Å². The van der Waals surface area contributed by atoms with Crippen LogP contribution in [0.5, 0.6) is 0 Å². The Kier molecular flexibility index (Phi) is 88.2. The third kappa shape index (κ3) is 25.4. The van der Waals surface area contributed by atoms with Gasteiger partial charge in [-0.1, -0.05) is 0 Å². The average molecular weight is 223 g/mol. The van der Waals surface area contributed by atoms with Crippen LogP contribution in [0.1, 0.15) is 0 Å². The van der Waals surface area contributed by atoms with E-state index in [1.54, 1.807) is 0 Å². The van der Waals surface area contributed by atoms with Crippen molar-refractivity contribution < 1.29 is 17.1 Å². The Morgan fingerprint density at radius 2 is 1.17 bits per heavy atom. The molecule has 0 aliphatic heterocycles. The normalized spacial score (nSPS) is 1.67. The van der Waals surface area contributed by atoms with Gasteiger partial charge in [-0.3, -0.25) is 0 Å². The molecule has 0 aromatic heterocycles. The summed E-state index contributed by atoms with van der Waals surface area (Å²) in [4.78, 5) is 0. The monoisotopic (exact) mass is 222 g/mol. The van der Waals surface area contributed by atoms with Gasteiger partial charge in [0.2, 0.25) is 0 Å². The van der Waals surface area contributed by atoms with E-state index >= 15 is 0 Å². The summed E-state index contributed by atoms with van der Waals surface area (Å²) < 4.78 is 0. The van der Waals surface area contributed by atoms with Crippen molar-refractivity contribution in [3.8, 4) is 0 Å². The molecule has 0 aromatic rings. The van der Waals surface area contributed by atoms with Gasteiger partial charge < -0.3 is 0 Å². The van der Waals surface area contributed by atoms with Gasteiger partial charge >= 0.3 is 66.7 Å².